The molecule has 1 atom stereocenters. The van der Waals surface area contributed by atoms with E-state index in [2.05, 4.69) is 15.3 Å². The average molecular weight is 196 g/mol. The Balaban J connectivity index is 2.48. The van der Waals surface area contributed by atoms with Crippen LogP contribution in [0.3, 0.4) is 0 Å². The van der Waals surface area contributed by atoms with E-state index in [4.69, 9.17) is 12.2 Å². The molecule has 0 aromatic heterocycles. The maximum Gasteiger partial charge on any atom is 0.309 e. The Labute approximate surface area is 78.2 Å². The number of nitrogens with zero attached hydrogens (tertiary/aromatic N) is 3. The van der Waals surface area contributed by atoms with E-state index in [1.165, 1.54) is 6.34 Å². The molecule has 2 aliphatic rings. The number of thiocarbonyl (C=S) groups is 1. The van der Waals surface area contributed by atoms with E-state index in [1.54, 1.807) is 0 Å². The molecule has 0 amide bonds. The van der Waals surface area contributed by atoms with Gasteiger partial charge in [0.2, 0.25) is 0 Å². The molecule has 0 radical (unpaired) electrons. The Morgan fingerprint density at radius 2 is 2.46 bits per heavy atom. The monoisotopic (exact) mass is 196 g/mol. The molecular weight excluding hydrogens is 192 g/mol. The minimum absolute atomic E-state index is 0.0731. The van der Waals surface area contributed by atoms with Gasteiger partial charge < -0.3 is 5.32 Å². The molecule has 0 spiro atoms. The molecule has 6 nitrogen and oxygen atoms in total. The topological polar surface area (TPSA) is 79.9 Å². The van der Waals surface area contributed by atoms with E-state index in [0.29, 0.717) is 10.7 Å². The van der Waals surface area contributed by atoms with Crippen LogP contribution in [0.25, 0.3) is 0 Å². The molecule has 0 fully saturated rings. The highest BCUT2D eigenvalue weighted by Crippen LogP contribution is 2.18. The Bertz CT molecular complexity index is 384. The second-order valence-electron chi connectivity index (χ2n) is 2.48. The summed E-state index contributed by atoms with van der Waals surface area (Å²) in [6.45, 7) is 0. The maximum atomic E-state index is 10.5. The number of hydrogen-bond acceptors (Lipinski definition) is 5. The molecule has 1 N–H and O–H groups in total. The van der Waals surface area contributed by atoms with Crippen LogP contribution >= 0.6 is 12.2 Å². The number of nitro groups is 1. The highest BCUT2D eigenvalue weighted by Gasteiger charge is 2.33. The third-order valence-electron chi connectivity index (χ3n) is 1.74. The highest BCUT2D eigenvalue weighted by molar-refractivity contribution is 7.80. The Morgan fingerprint density at radius 1 is 1.69 bits per heavy atom. The summed E-state index contributed by atoms with van der Waals surface area (Å²) in [6.07, 6.45) is 2.54. The van der Waals surface area contributed by atoms with Crippen LogP contribution in [0.4, 0.5) is 0 Å². The van der Waals surface area contributed by atoms with Gasteiger partial charge in [0.25, 0.3) is 0 Å². The van der Waals surface area contributed by atoms with Crippen LogP contribution in [0.15, 0.2) is 21.4 Å². The molecule has 2 aliphatic heterocycles. The third-order valence-corrected chi connectivity index (χ3v) is 2.07. The third kappa shape index (κ3) is 1.13. The SMILES string of the molecule is O=[N+]([O-])C1=C2NC=NC2C(=S)N=C1. The number of aliphatic imine (C=N–C) groups is 2. The molecule has 66 valence electrons. The zero-order chi connectivity index (χ0) is 9.42. The van der Waals surface area contributed by atoms with Gasteiger partial charge in [-0.2, -0.15) is 0 Å². The van der Waals surface area contributed by atoms with E-state index in [0.717, 1.165) is 6.21 Å². The van der Waals surface area contributed by atoms with Gasteiger partial charge in [0.1, 0.15) is 16.9 Å². The smallest absolute Gasteiger partial charge is 0.309 e. The number of allylic oxidation sites excluding steroid dienone is 1. The molecule has 0 bridgehead atoms. The van der Waals surface area contributed by atoms with Crippen molar-refractivity contribution in [1.29, 1.82) is 0 Å². The Morgan fingerprint density at radius 3 is 3.15 bits per heavy atom. The summed E-state index contributed by atoms with van der Waals surface area (Å²) >= 11 is 4.87. The normalized spacial score (nSPS) is 24.6. The summed E-state index contributed by atoms with van der Waals surface area (Å²) in [6, 6.07) is -0.472. The lowest BCUT2D eigenvalue weighted by Gasteiger charge is -2.10. The number of rotatable bonds is 1. The quantitative estimate of drug-likeness (QED) is 0.360. The standard InChI is InChI=1S/C6H4N4O2S/c11-10(12)3-1-7-6(13)5-4(3)8-2-9-5/h1-2,5H,(H,8,9). The van der Waals surface area contributed by atoms with Crippen molar-refractivity contribution >= 4 is 29.8 Å². The van der Waals surface area contributed by atoms with Gasteiger partial charge in [0.15, 0.2) is 6.04 Å². The first kappa shape index (κ1) is 7.99. The molecule has 2 rings (SSSR count). The first-order valence-electron chi connectivity index (χ1n) is 3.45. The lowest BCUT2D eigenvalue weighted by Crippen LogP contribution is -2.28. The van der Waals surface area contributed by atoms with Gasteiger partial charge in [0.05, 0.1) is 11.3 Å². The van der Waals surface area contributed by atoms with Crippen molar-refractivity contribution < 1.29 is 4.92 Å². The molecule has 1 unspecified atom stereocenters. The summed E-state index contributed by atoms with van der Waals surface area (Å²) in [5, 5.41) is 13.2. The lowest BCUT2D eigenvalue weighted by atomic mass is 10.1. The van der Waals surface area contributed by atoms with E-state index in [1.807, 2.05) is 0 Å². The first-order valence-corrected chi connectivity index (χ1v) is 3.85. The van der Waals surface area contributed by atoms with E-state index >= 15 is 0 Å². The number of fused-ring (bicyclic) bond motifs is 1. The van der Waals surface area contributed by atoms with E-state index < -0.39 is 11.0 Å². The molecule has 13 heavy (non-hydrogen) atoms. The van der Waals surface area contributed by atoms with Crippen LogP contribution in [-0.2, 0) is 0 Å². The van der Waals surface area contributed by atoms with Crippen LogP contribution in [-0.4, -0.2) is 28.5 Å². The lowest BCUT2D eigenvalue weighted by molar-refractivity contribution is -0.415. The van der Waals surface area contributed by atoms with Crippen molar-refractivity contribution in [3.8, 4) is 0 Å². The van der Waals surface area contributed by atoms with Gasteiger partial charge in [-0.1, -0.05) is 12.2 Å². The Kier molecular flexibility index (Phi) is 1.66. The van der Waals surface area contributed by atoms with Crippen LogP contribution < -0.4 is 5.32 Å². The average Bonchev–Trinajstić information content (AvgIpc) is 2.53. The molecule has 2 heterocycles. The van der Waals surface area contributed by atoms with Crippen molar-refractivity contribution in [2.24, 2.45) is 9.98 Å². The predicted octanol–water partition coefficient (Wildman–Crippen LogP) is -0.113. The van der Waals surface area contributed by atoms with Crippen LogP contribution in [0, 0.1) is 10.1 Å². The van der Waals surface area contributed by atoms with Gasteiger partial charge in [-0.05, 0) is 0 Å². The minimum Gasteiger partial charge on any atom is -0.342 e. The van der Waals surface area contributed by atoms with E-state index in [-0.39, 0.29) is 5.70 Å². The Hall–Kier alpha value is -1.63. The molecule has 0 aromatic rings. The second kappa shape index (κ2) is 2.70. The molecule has 0 aliphatic carbocycles. The predicted molar refractivity (Wildman–Crippen MR) is 50.5 cm³/mol. The fraction of sp³-hybridized carbons (Fsp3) is 0.167. The molecular formula is C6H4N4O2S. The summed E-state index contributed by atoms with van der Waals surface area (Å²) in [5.74, 6) is 0. The maximum absolute atomic E-state index is 10.5. The van der Waals surface area contributed by atoms with E-state index in [9.17, 15) is 10.1 Å². The van der Waals surface area contributed by atoms with Gasteiger partial charge in [-0.3, -0.25) is 15.1 Å². The second-order valence-corrected chi connectivity index (χ2v) is 2.90. The fourth-order valence-corrected chi connectivity index (χ4v) is 1.38. The van der Waals surface area contributed by atoms with Crippen LogP contribution in [0.5, 0.6) is 0 Å². The summed E-state index contributed by atoms with van der Waals surface area (Å²) < 4.78 is 0. The fourth-order valence-electron chi connectivity index (χ4n) is 1.15. The van der Waals surface area contributed by atoms with Crippen LogP contribution in [0.1, 0.15) is 0 Å². The minimum atomic E-state index is -0.505. The highest BCUT2D eigenvalue weighted by atomic mass is 32.1. The van der Waals surface area contributed by atoms with Crippen molar-refractivity contribution in [3.63, 3.8) is 0 Å². The van der Waals surface area contributed by atoms with Crippen molar-refractivity contribution in [2.75, 3.05) is 0 Å². The van der Waals surface area contributed by atoms with Crippen LogP contribution in [0.2, 0.25) is 0 Å². The first-order chi connectivity index (χ1) is 6.20. The summed E-state index contributed by atoms with van der Waals surface area (Å²) in [4.78, 5) is 18.0. The zero-order valence-corrected chi connectivity index (χ0v) is 7.11. The van der Waals surface area contributed by atoms with Gasteiger partial charge in [-0.15, -0.1) is 0 Å². The van der Waals surface area contributed by atoms with Crippen molar-refractivity contribution in [1.82, 2.24) is 5.32 Å². The summed E-state index contributed by atoms with van der Waals surface area (Å²) in [7, 11) is 0. The summed E-state index contributed by atoms with van der Waals surface area (Å²) in [5.41, 5.74) is 0.334. The van der Waals surface area contributed by atoms with Crippen molar-refractivity contribution in [2.45, 2.75) is 6.04 Å². The van der Waals surface area contributed by atoms with Crippen molar-refractivity contribution in [3.05, 3.63) is 21.5 Å². The zero-order valence-electron chi connectivity index (χ0n) is 6.30. The molecule has 7 heteroatoms. The van der Waals surface area contributed by atoms with Gasteiger partial charge in [0, 0.05) is 0 Å². The van der Waals surface area contributed by atoms with Gasteiger partial charge >= 0.3 is 5.70 Å². The number of hydrogen-bond donors (Lipinski definition) is 1. The molecule has 0 aromatic carbocycles. The molecule has 0 saturated carbocycles. The number of dihydropyridines is 1. The largest absolute Gasteiger partial charge is 0.342 e. The van der Waals surface area contributed by atoms with Gasteiger partial charge in [-0.25, -0.2) is 4.99 Å². The number of nitrogens with one attached hydrogen (secondary N) is 1. The molecule has 0 saturated heterocycles.